The van der Waals surface area contributed by atoms with Gasteiger partial charge in [-0.25, -0.2) is 8.42 Å². The Morgan fingerprint density at radius 1 is 0.786 bits per heavy atom. The Morgan fingerprint density at radius 2 is 1.32 bits per heavy atom. The van der Waals surface area contributed by atoms with Crippen molar-refractivity contribution in [3.05, 3.63) is 83.4 Å². The number of carbonyl (C=O) groups is 1. The van der Waals surface area contributed by atoms with Crippen LogP contribution in [-0.4, -0.2) is 14.2 Å². The van der Waals surface area contributed by atoms with Crippen molar-refractivity contribution in [2.75, 3.05) is 10.0 Å². The van der Waals surface area contributed by atoms with E-state index in [4.69, 9.17) is 0 Å². The molecule has 144 valence electrons. The van der Waals surface area contributed by atoms with Gasteiger partial charge in [-0.15, -0.1) is 0 Å². The van der Waals surface area contributed by atoms with Gasteiger partial charge in [-0.05, 0) is 80.9 Å². The molecule has 0 aliphatic heterocycles. The molecular weight excluding hydrogens is 372 g/mol. The van der Waals surface area contributed by atoms with Crippen molar-refractivity contribution in [1.29, 1.82) is 0 Å². The molecule has 0 aromatic heterocycles. The zero-order valence-electron chi connectivity index (χ0n) is 16.0. The lowest BCUT2D eigenvalue weighted by molar-refractivity contribution is 0.101. The minimum atomic E-state index is -3.65. The van der Waals surface area contributed by atoms with Crippen molar-refractivity contribution in [2.24, 2.45) is 0 Å². The summed E-state index contributed by atoms with van der Waals surface area (Å²) in [5, 5.41) is 3.22. The number of aryl methyl sites for hydroxylation is 2. The van der Waals surface area contributed by atoms with Crippen LogP contribution in [0.1, 0.15) is 28.4 Å². The highest BCUT2D eigenvalue weighted by molar-refractivity contribution is 7.92. The van der Waals surface area contributed by atoms with E-state index in [-0.39, 0.29) is 10.7 Å². The molecule has 6 heteroatoms. The third-order valence-corrected chi connectivity index (χ3v) is 5.88. The summed E-state index contributed by atoms with van der Waals surface area (Å²) in [6.07, 6.45) is 0. The molecule has 0 heterocycles. The number of anilines is 3. The Morgan fingerprint density at radius 3 is 1.86 bits per heavy atom. The van der Waals surface area contributed by atoms with Gasteiger partial charge in [-0.1, -0.05) is 17.7 Å². The average Bonchev–Trinajstić information content (AvgIpc) is 2.63. The van der Waals surface area contributed by atoms with Gasteiger partial charge in [0.2, 0.25) is 0 Å². The highest BCUT2D eigenvalue weighted by Gasteiger charge is 2.16. The second kappa shape index (κ2) is 7.86. The number of ketones is 1. The number of sulfonamides is 1. The molecule has 0 unspecified atom stereocenters. The van der Waals surface area contributed by atoms with Crippen LogP contribution in [0.2, 0.25) is 0 Å². The van der Waals surface area contributed by atoms with Crippen LogP contribution in [-0.2, 0) is 10.0 Å². The second-order valence-corrected chi connectivity index (χ2v) is 8.36. The number of Topliss-reactive ketones (excluding diaryl/α,β-unsaturated/α-hetero) is 1. The molecule has 3 aromatic rings. The zero-order chi connectivity index (χ0) is 20.3. The summed E-state index contributed by atoms with van der Waals surface area (Å²) < 4.78 is 27.9. The van der Waals surface area contributed by atoms with Crippen LogP contribution in [0.5, 0.6) is 0 Å². The van der Waals surface area contributed by atoms with Crippen LogP contribution < -0.4 is 10.0 Å². The minimum Gasteiger partial charge on any atom is -0.356 e. The largest absolute Gasteiger partial charge is 0.356 e. The normalized spacial score (nSPS) is 11.1. The van der Waals surface area contributed by atoms with Crippen molar-refractivity contribution >= 4 is 32.9 Å². The Bertz CT molecular complexity index is 1100. The molecule has 3 aromatic carbocycles. The van der Waals surface area contributed by atoms with E-state index in [0.717, 1.165) is 16.9 Å². The standard InChI is InChI=1S/C22H22N2O3S/c1-15-4-13-22(16(2)14-15)28(26,27)24-21-11-9-20(10-12-21)23-19-7-5-18(6-8-19)17(3)25/h4-14,23-24H,1-3H3. The van der Waals surface area contributed by atoms with E-state index in [1.807, 2.05) is 25.1 Å². The molecule has 0 aliphatic rings. The van der Waals surface area contributed by atoms with Crippen LogP contribution in [0.3, 0.4) is 0 Å². The van der Waals surface area contributed by atoms with Crippen molar-refractivity contribution in [3.8, 4) is 0 Å². The fourth-order valence-electron chi connectivity index (χ4n) is 2.89. The number of benzene rings is 3. The van der Waals surface area contributed by atoms with E-state index in [9.17, 15) is 13.2 Å². The molecule has 5 nitrogen and oxygen atoms in total. The van der Waals surface area contributed by atoms with Gasteiger partial charge in [0.25, 0.3) is 10.0 Å². The Kier molecular flexibility index (Phi) is 5.51. The van der Waals surface area contributed by atoms with Crippen LogP contribution >= 0.6 is 0 Å². The van der Waals surface area contributed by atoms with Crippen molar-refractivity contribution < 1.29 is 13.2 Å². The summed E-state index contributed by atoms with van der Waals surface area (Å²) in [7, 11) is -3.65. The highest BCUT2D eigenvalue weighted by Crippen LogP contribution is 2.23. The topological polar surface area (TPSA) is 75.3 Å². The predicted molar refractivity (Wildman–Crippen MR) is 113 cm³/mol. The second-order valence-electron chi connectivity index (χ2n) is 6.71. The van der Waals surface area contributed by atoms with Gasteiger partial charge in [-0.3, -0.25) is 9.52 Å². The zero-order valence-corrected chi connectivity index (χ0v) is 16.8. The summed E-state index contributed by atoms with van der Waals surface area (Å²) >= 11 is 0. The Hall–Kier alpha value is -3.12. The van der Waals surface area contributed by atoms with Crippen molar-refractivity contribution in [2.45, 2.75) is 25.7 Å². The first-order valence-corrected chi connectivity index (χ1v) is 10.3. The van der Waals surface area contributed by atoms with Gasteiger partial charge >= 0.3 is 0 Å². The molecule has 0 saturated carbocycles. The van der Waals surface area contributed by atoms with Gasteiger partial charge < -0.3 is 5.32 Å². The highest BCUT2D eigenvalue weighted by atomic mass is 32.2. The molecule has 2 N–H and O–H groups in total. The number of rotatable bonds is 6. The smallest absolute Gasteiger partial charge is 0.262 e. The van der Waals surface area contributed by atoms with Gasteiger partial charge in [0.15, 0.2) is 5.78 Å². The minimum absolute atomic E-state index is 0.0204. The lowest BCUT2D eigenvalue weighted by Gasteiger charge is -2.12. The lowest BCUT2D eigenvalue weighted by atomic mass is 10.1. The molecule has 0 saturated heterocycles. The maximum Gasteiger partial charge on any atom is 0.262 e. The maximum absolute atomic E-state index is 12.6. The first-order chi connectivity index (χ1) is 13.2. The molecular formula is C22H22N2O3S. The van der Waals surface area contributed by atoms with Crippen LogP contribution in [0.15, 0.2) is 71.6 Å². The van der Waals surface area contributed by atoms with Gasteiger partial charge in [0.1, 0.15) is 0 Å². The quantitative estimate of drug-likeness (QED) is 0.574. The van der Waals surface area contributed by atoms with E-state index < -0.39 is 10.0 Å². The number of hydrogen-bond acceptors (Lipinski definition) is 4. The summed E-state index contributed by atoms with van der Waals surface area (Å²) in [5.41, 5.74) is 4.51. The van der Waals surface area contributed by atoms with Gasteiger partial charge in [0.05, 0.1) is 4.90 Å². The van der Waals surface area contributed by atoms with E-state index >= 15 is 0 Å². The van der Waals surface area contributed by atoms with E-state index in [1.165, 1.54) is 6.92 Å². The summed E-state index contributed by atoms with van der Waals surface area (Å²) in [5.74, 6) is 0.0204. The van der Waals surface area contributed by atoms with Gasteiger partial charge in [0, 0.05) is 22.6 Å². The SMILES string of the molecule is CC(=O)c1ccc(Nc2ccc(NS(=O)(=O)c3ccc(C)cc3C)cc2)cc1. The van der Waals surface area contributed by atoms with E-state index in [0.29, 0.717) is 16.8 Å². The average molecular weight is 394 g/mol. The van der Waals surface area contributed by atoms with Crippen LogP contribution in [0.25, 0.3) is 0 Å². The fourth-order valence-corrected chi connectivity index (χ4v) is 4.17. The maximum atomic E-state index is 12.6. The molecule has 0 spiro atoms. The van der Waals surface area contributed by atoms with Crippen LogP contribution in [0.4, 0.5) is 17.1 Å². The number of carbonyl (C=O) groups excluding carboxylic acids is 1. The van der Waals surface area contributed by atoms with Gasteiger partial charge in [-0.2, -0.15) is 0 Å². The predicted octanol–water partition coefficient (Wildman–Crippen LogP) is 5.05. The molecule has 28 heavy (non-hydrogen) atoms. The lowest BCUT2D eigenvalue weighted by Crippen LogP contribution is -2.14. The number of hydrogen-bond donors (Lipinski definition) is 2. The first-order valence-electron chi connectivity index (χ1n) is 8.83. The summed E-state index contributed by atoms with van der Waals surface area (Å²) in [4.78, 5) is 11.6. The first kappa shape index (κ1) is 19.6. The Balaban J connectivity index is 1.72. The molecule has 3 rings (SSSR count). The number of nitrogens with one attached hydrogen (secondary N) is 2. The molecule has 0 radical (unpaired) electrons. The molecule has 0 amide bonds. The van der Waals surface area contributed by atoms with Crippen LogP contribution in [0, 0.1) is 13.8 Å². The third kappa shape index (κ3) is 4.58. The van der Waals surface area contributed by atoms with E-state index in [1.54, 1.807) is 55.5 Å². The Labute approximate surface area is 165 Å². The summed E-state index contributed by atoms with van der Waals surface area (Å²) in [6.45, 7) is 5.24. The molecule has 0 aliphatic carbocycles. The van der Waals surface area contributed by atoms with Crippen molar-refractivity contribution in [3.63, 3.8) is 0 Å². The molecule has 0 bridgehead atoms. The molecule has 0 fully saturated rings. The fraction of sp³-hybridized carbons (Fsp3) is 0.136. The summed E-state index contributed by atoms with van der Waals surface area (Å²) in [6, 6.07) is 19.4. The molecule has 0 atom stereocenters. The van der Waals surface area contributed by atoms with Crippen molar-refractivity contribution in [1.82, 2.24) is 0 Å². The van der Waals surface area contributed by atoms with E-state index in [2.05, 4.69) is 10.0 Å². The monoisotopic (exact) mass is 394 g/mol. The third-order valence-electron chi connectivity index (χ3n) is 4.34.